The largest absolute Gasteiger partial charge is 0.390 e. The first-order valence-corrected chi connectivity index (χ1v) is 11.0. The van der Waals surface area contributed by atoms with E-state index >= 15 is 0 Å². The lowest BCUT2D eigenvalue weighted by molar-refractivity contribution is 0.101. The van der Waals surface area contributed by atoms with Gasteiger partial charge in [-0.1, -0.05) is 61.4 Å². The van der Waals surface area contributed by atoms with E-state index < -0.39 is 6.10 Å². The van der Waals surface area contributed by atoms with Gasteiger partial charge in [0.05, 0.1) is 6.10 Å². The van der Waals surface area contributed by atoms with Crippen molar-refractivity contribution in [2.45, 2.75) is 38.3 Å². The highest BCUT2D eigenvalue weighted by atomic mass is 16.3. The maximum absolute atomic E-state index is 12.4. The van der Waals surface area contributed by atoms with Crippen molar-refractivity contribution in [3.63, 3.8) is 0 Å². The number of aliphatic hydroxyl groups is 1. The van der Waals surface area contributed by atoms with Gasteiger partial charge in [0.2, 0.25) is 0 Å². The molecule has 0 amide bonds. The van der Waals surface area contributed by atoms with Crippen LogP contribution in [0.25, 0.3) is 17.0 Å². The maximum Gasteiger partial charge on any atom is 0.185 e. The monoisotopic (exact) mass is 402 g/mol. The third-order valence-corrected chi connectivity index (χ3v) is 5.87. The molecular formula is C26H30N2O2. The van der Waals surface area contributed by atoms with Gasteiger partial charge in [0.15, 0.2) is 5.78 Å². The van der Waals surface area contributed by atoms with Crippen LogP contribution in [0.1, 0.15) is 41.6 Å². The van der Waals surface area contributed by atoms with E-state index in [1.807, 2.05) is 54.7 Å². The van der Waals surface area contributed by atoms with E-state index in [2.05, 4.69) is 21.6 Å². The number of carbonyl (C=O) groups is 1. The number of ketones is 1. The fraction of sp³-hybridized carbons (Fsp3) is 0.346. The molecule has 156 valence electrons. The van der Waals surface area contributed by atoms with E-state index in [9.17, 15) is 9.90 Å². The zero-order valence-corrected chi connectivity index (χ0v) is 17.4. The zero-order chi connectivity index (χ0) is 20.8. The highest BCUT2D eigenvalue weighted by Gasteiger charge is 2.16. The van der Waals surface area contributed by atoms with Crippen molar-refractivity contribution < 1.29 is 9.90 Å². The Morgan fingerprint density at radius 3 is 2.40 bits per heavy atom. The van der Waals surface area contributed by atoms with Gasteiger partial charge in [0.1, 0.15) is 0 Å². The van der Waals surface area contributed by atoms with Gasteiger partial charge in [-0.3, -0.25) is 4.79 Å². The Morgan fingerprint density at radius 2 is 1.63 bits per heavy atom. The quantitative estimate of drug-likeness (QED) is 0.457. The smallest absolute Gasteiger partial charge is 0.185 e. The van der Waals surface area contributed by atoms with Crippen LogP contribution in [-0.4, -0.2) is 46.1 Å². The molecule has 1 N–H and O–H groups in total. The first-order chi connectivity index (χ1) is 14.7. The lowest BCUT2D eigenvalue weighted by Gasteiger charge is -2.23. The predicted octanol–water partition coefficient (Wildman–Crippen LogP) is 4.77. The number of carbonyl (C=O) groups excluding carboxylic acids is 1. The summed E-state index contributed by atoms with van der Waals surface area (Å²) in [5, 5.41) is 11.8. The van der Waals surface area contributed by atoms with Crippen LogP contribution < -0.4 is 0 Å². The Morgan fingerprint density at radius 1 is 0.933 bits per heavy atom. The number of benzene rings is 2. The fourth-order valence-electron chi connectivity index (χ4n) is 4.32. The van der Waals surface area contributed by atoms with Gasteiger partial charge >= 0.3 is 0 Å². The summed E-state index contributed by atoms with van der Waals surface area (Å²) >= 11 is 0. The van der Waals surface area contributed by atoms with Gasteiger partial charge in [-0.15, -0.1) is 0 Å². The molecule has 0 unspecified atom stereocenters. The summed E-state index contributed by atoms with van der Waals surface area (Å²) < 4.78 is 2.12. The molecule has 2 heterocycles. The molecule has 4 rings (SSSR count). The molecule has 1 aromatic heterocycles. The van der Waals surface area contributed by atoms with Crippen LogP contribution in [0.4, 0.5) is 0 Å². The number of nitrogens with zero attached hydrogens (tertiary/aromatic N) is 2. The van der Waals surface area contributed by atoms with Crippen molar-refractivity contribution in [2.75, 3.05) is 19.6 Å². The highest BCUT2D eigenvalue weighted by Crippen LogP contribution is 2.23. The topological polar surface area (TPSA) is 45.5 Å². The van der Waals surface area contributed by atoms with Crippen LogP contribution in [0.3, 0.4) is 0 Å². The predicted molar refractivity (Wildman–Crippen MR) is 123 cm³/mol. The Labute approximate surface area is 178 Å². The van der Waals surface area contributed by atoms with Crippen LogP contribution in [-0.2, 0) is 6.54 Å². The van der Waals surface area contributed by atoms with E-state index in [1.165, 1.54) is 25.7 Å². The van der Waals surface area contributed by atoms with Crippen LogP contribution in [0, 0.1) is 0 Å². The van der Waals surface area contributed by atoms with Crippen molar-refractivity contribution >= 4 is 22.8 Å². The second-order valence-electron chi connectivity index (χ2n) is 8.19. The molecule has 1 saturated heterocycles. The number of likely N-dealkylation sites (tertiary alicyclic amines) is 1. The lowest BCUT2D eigenvalue weighted by Crippen LogP contribution is -2.35. The Balaban J connectivity index is 1.50. The number of fused-ring (bicyclic) bond motifs is 1. The van der Waals surface area contributed by atoms with Crippen LogP contribution >= 0.6 is 0 Å². The average Bonchev–Trinajstić information content (AvgIpc) is 2.92. The molecule has 4 heteroatoms. The standard InChI is InChI=1S/C26H30N2O2/c29-23(19-27-16-8-1-2-9-17-27)20-28-18-22(24-12-6-7-13-25(24)28)14-15-26(30)21-10-4-3-5-11-21/h3-7,10-15,18,23,29H,1-2,8-9,16-17,19-20H2/b15-14-/t23-/m1/s1. The molecule has 0 radical (unpaired) electrons. The van der Waals surface area contributed by atoms with Gasteiger partial charge in [0.25, 0.3) is 0 Å². The second kappa shape index (κ2) is 9.88. The Bertz CT molecular complexity index is 998. The zero-order valence-electron chi connectivity index (χ0n) is 17.4. The summed E-state index contributed by atoms with van der Waals surface area (Å²) in [6.07, 6.45) is 10.2. The van der Waals surface area contributed by atoms with E-state index in [0.717, 1.165) is 29.6 Å². The van der Waals surface area contributed by atoms with E-state index in [1.54, 1.807) is 6.08 Å². The molecule has 3 aromatic rings. The summed E-state index contributed by atoms with van der Waals surface area (Å²) in [5.41, 5.74) is 2.77. The van der Waals surface area contributed by atoms with Gasteiger partial charge < -0.3 is 14.6 Å². The molecule has 1 atom stereocenters. The molecule has 4 nitrogen and oxygen atoms in total. The third kappa shape index (κ3) is 5.07. The first kappa shape index (κ1) is 20.6. The number of aromatic nitrogens is 1. The Hall–Kier alpha value is -2.69. The number of aliphatic hydroxyl groups excluding tert-OH is 1. The molecule has 2 aromatic carbocycles. The van der Waals surface area contributed by atoms with Crippen molar-refractivity contribution in [3.05, 3.63) is 78.0 Å². The van der Waals surface area contributed by atoms with E-state index in [4.69, 9.17) is 0 Å². The van der Waals surface area contributed by atoms with Gasteiger partial charge in [-0.25, -0.2) is 0 Å². The van der Waals surface area contributed by atoms with Crippen LogP contribution in [0.5, 0.6) is 0 Å². The van der Waals surface area contributed by atoms with Crippen molar-refractivity contribution in [3.8, 4) is 0 Å². The SMILES string of the molecule is O=C(/C=C\c1cn(C[C@H](O)CN2CCCCCC2)c2ccccc12)c1ccccc1. The summed E-state index contributed by atoms with van der Waals surface area (Å²) in [6, 6.07) is 17.5. The van der Waals surface area contributed by atoms with Crippen LogP contribution in [0.2, 0.25) is 0 Å². The van der Waals surface area contributed by atoms with Crippen molar-refractivity contribution in [1.82, 2.24) is 9.47 Å². The molecule has 0 aliphatic carbocycles. The summed E-state index contributed by atoms with van der Waals surface area (Å²) in [4.78, 5) is 14.8. The molecule has 0 bridgehead atoms. The fourth-order valence-corrected chi connectivity index (χ4v) is 4.32. The molecule has 1 aliphatic heterocycles. The second-order valence-corrected chi connectivity index (χ2v) is 8.19. The number of hydrogen-bond donors (Lipinski definition) is 1. The number of allylic oxidation sites excluding steroid dienone is 1. The van der Waals surface area contributed by atoms with E-state index in [-0.39, 0.29) is 5.78 Å². The lowest BCUT2D eigenvalue weighted by atomic mass is 10.1. The normalized spacial score (nSPS) is 16.7. The minimum atomic E-state index is -0.415. The van der Waals surface area contributed by atoms with Gasteiger partial charge in [-0.2, -0.15) is 0 Å². The van der Waals surface area contributed by atoms with Crippen molar-refractivity contribution in [1.29, 1.82) is 0 Å². The summed E-state index contributed by atoms with van der Waals surface area (Å²) in [5.74, 6) is -0.00590. The molecule has 0 saturated carbocycles. The minimum Gasteiger partial charge on any atom is -0.390 e. The van der Waals surface area contributed by atoms with Crippen LogP contribution in [0.15, 0.2) is 66.9 Å². The van der Waals surface area contributed by atoms with Gasteiger partial charge in [-0.05, 0) is 44.1 Å². The highest BCUT2D eigenvalue weighted by molar-refractivity contribution is 6.07. The third-order valence-electron chi connectivity index (χ3n) is 5.87. The molecular weight excluding hydrogens is 372 g/mol. The molecule has 0 spiro atoms. The number of hydrogen-bond acceptors (Lipinski definition) is 3. The number of rotatable bonds is 7. The molecule has 30 heavy (non-hydrogen) atoms. The van der Waals surface area contributed by atoms with Gasteiger partial charge in [0, 0.05) is 41.3 Å². The Kier molecular flexibility index (Phi) is 6.77. The first-order valence-electron chi connectivity index (χ1n) is 11.0. The van der Waals surface area contributed by atoms with E-state index in [0.29, 0.717) is 18.7 Å². The summed E-state index contributed by atoms with van der Waals surface area (Å²) in [6.45, 7) is 3.43. The molecule has 1 fully saturated rings. The minimum absolute atomic E-state index is 0.00590. The number of β-amino-alcohol motifs (C(OH)–C–C–N with tert-alkyl or cyclic N) is 1. The number of para-hydroxylation sites is 1. The van der Waals surface area contributed by atoms with Crippen molar-refractivity contribution in [2.24, 2.45) is 0 Å². The molecule has 1 aliphatic rings. The summed E-state index contributed by atoms with van der Waals surface area (Å²) in [7, 11) is 0. The average molecular weight is 403 g/mol. The maximum atomic E-state index is 12.4.